The Balaban J connectivity index is 2.10. The summed E-state index contributed by atoms with van der Waals surface area (Å²) in [5.74, 6) is -0.783. The second-order valence-corrected chi connectivity index (χ2v) is 4.80. The van der Waals surface area contributed by atoms with E-state index in [1.165, 1.54) is 24.4 Å². The predicted molar refractivity (Wildman–Crippen MR) is 81.0 cm³/mol. The molecular formula is C15H13ClN2O3. The summed E-state index contributed by atoms with van der Waals surface area (Å²) < 4.78 is 0. The Hall–Kier alpha value is -2.53. The zero-order valence-corrected chi connectivity index (χ0v) is 11.9. The molecule has 0 aliphatic rings. The van der Waals surface area contributed by atoms with Crippen LogP contribution in [0.3, 0.4) is 0 Å². The monoisotopic (exact) mass is 304 g/mol. The van der Waals surface area contributed by atoms with E-state index in [2.05, 4.69) is 10.5 Å². The van der Waals surface area contributed by atoms with Crippen molar-refractivity contribution in [2.45, 2.75) is 6.92 Å². The third kappa shape index (κ3) is 3.52. The molecule has 0 unspecified atom stereocenters. The van der Waals surface area contributed by atoms with Crippen LogP contribution < -0.4 is 5.43 Å². The van der Waals surface area contributed by atoms with Crippen LogP contribution in [0, 0.1) is 6.92 Å². The van der Waals surface area contributed by atoms with Crippen LogP contribution >= 0.6 is 11.6 Å². The first kappa shape index (κ1) is 14.9. The van der Waals surface area contributed by atoms with E-state index in [0.29, 0.717) is 5.56 Å². The minimum absolute atomic E-state index is 0.115. The molecule has 21 heavy (non-hydrogen) atoms. The normalized spacial score (nSPS) is 10.8. The van der Waals surface area contributed by atoms with E-state index >= 15 is 0 Å². The summed E-state index contributed by atoms with van der Waals surface area (Å²) in [6, 6.07) is 9.49. The quantitative estimate of drug-likeness (QED) is 0.602. The van der Waals surface area contributed by atoms with Crippen LogP contribution in [0.2, 0.25) is 5.02 Å². The molecule has 0 heterocycles. The number of carbonyl (C=O) groups excluding carboxylic acids is 1. The number of aryl methyl sites for hydroxylation is 1. The van der Waals surface area contributed by atoms with Gasteiger partial charge in [-0.15, -0.1) is 0 Å². The predicted octanol–water partition coefficient (Wildman–Crippen LogP) is 2.82. The van der Waals surface area contributed by atoms with E-state index in [9.17, 15) is 15.0 Å². The Morgan fingerprint density at radius 2 is 2.05 bits per heavy atom. The molecule has 0 aliphatic heterocycles. The molecule has 2 aromatic rings. The fourth-order valence-corrected chi connectivity index (χ4v) is 1.87. The first-order valence-corrected chi connectivity index (χ1v) is 6.47. The van der Waals surface area contributed by atoms with Crippen molar-refractivity contribution in [1.29, 1.82) is 0 Å². The van der Waals surface area contributed by atoms with Gasteiger partial charge in [0.1, 0.15) is 11.5 Å². The molecule has 1 amide bonds. The summed E-state index contributed by atoms with van der Waals surface area (Å²) in [7, 11) is 0. The summed E-state index contributed by atoms with van der Waals surface area (Å²) in [6.07, 6.45) is 1.27. The number of nitrogens with zero attached hydrogens (tertiary/aromatic N) is 1. The molecular weight excluding hydrogens is 292 g/mol. The first-order valence-electron chi connectivity index (χ1n) is 6.09. The number of nitrogens with one attached hydrogen (secondary N) is 1. The molecule has 0 atom stereocenters. The number of rotatable bonds is 3. The lowest BCUT2D eigenvalue weighted by atomic mass is 10.1. The zero-order chi connectivity index (χ0) is 15.4. The second-order valence-electron chi connectivity index (χ2n) is 4.40. The van der Waals surface area contributed by atoms with Crippen molar-refractivity contribution in [3.05, 3.63) is 58.1 Å². The number of hydrogen-bond acceptors (Lipinski definition) is 4. The van der Waals surface area contributed by atoms with E-state index in [1.54, 1.807) is 18.2 Å². The van der Waals surface area contributed by atoms with Crippen LogP contribution in [0.1, 0.15) is 21.5 Å². The highest BCUT2D eigenvalue weighted by atomic mass is 35.5. The number of phenolic OH excluding ortho intramolecular Hbond substituents is 2. The van der Waals surface area contributed by atoms with Gasteiger partial charge in [0.05, 0.1) is 16.8 Å². The lowest BCUT2D eigenvalue weighted by molar-refractivity contribution is 0.0952. The highest BCUT2D eigenvalue weighted by molar-refractivity contribution is 6.32. The van der Waals surface area contributed by atoms with Crippen LogP contribution in [0.5, 0.6) is 11.5 Å². The summed E-state index contributed by atoms with van der Waals surface area (Å²) in [6.45, 7) is 1.81. The number of hydrogen-bond donors (Lipinski definition) is 3. The molecule has 108 valence electrons. The van der Waals surface area contributed by atoms with Gasteiger partial charge >= 0.3 is 0 Å². The number of hydrazone groups is 1. The van der Waals surface area contributed by atoms with Crippen LogP contribution in [0.15, 0.2) is 41.5 Å². The maximum Gasteiger partial charge on any atom is 0.275 e. The van der Waals surface area contributed by atoms with Gasteiger partial charge in [0, 0.05) is 5.56 Å². The SMILES string of the molecule is Cc1ccc(C(=O)NN=Cc2cccc(Cl)c2O)c(O)c1. The maximum absolute atomic E-state index is 11.8. The van der Waals surface area contributed by atoms with Crippen molar-refractivity contribution >= 4 is 23.7 Å². The molecule has 5 nitrogen and oxygen atoms in total. The molecule has 2 rings (SSSR count). The van der Waals surface area contributed by atoms with Crippen molar-refractivity contribution < 1.29 is 15.0 Å². The van der Waals surface area contributed by atoms with Crippen LogP contribution in [-0.2, 0) is 0 Å². The van der Waals surface area contributed by atoms with E-state index in [1.807, 2.05) is 6.92 Å². The number of aromatic hydroxyl groups is 2. The van der Waals surface area contributed by atoms with Crippen molar-refractivity contribution in [3.63, 3.8) is 0 Å². The largest absolute Gasteiger partial charge is 0.507 e. The Kier molecular flexibility index (Phi) is 4.45. The summed E-state index contributed by atoms with van der Waals surface area (Å²) in [5.41, 5.74) is 3.60. The highest BCUT2D eigenvalue weighted by Crippen LogP contribution is 2.25. The van der Waals surface area contributed by atoms with Gasteiger partial charge in [-0.25, -0.2) is 5.43 Å². The van der Waals surface area contributed by atoms with Crippen molar-refractivity contribution in [2.75, 3.05) is 0 Å². The van der Waals surface area contributed by atoms with Crippen LogP contribution in [-0.4, -0.2) is 22.3 Å². The summed E-state index contributed by atoms with van der Waals surface area (Å²) in [5, 5.41) is 23.3. The summed E-state index contributed by atoms with van der Waals surface area (Å²) in [4.78, 5) is 11.8. The van der Waals surface area contributed by atoms with Gasteiger partial charge in [-0.1, -0.05) is 23.7 Å². The van der Waals surface area contributed by atoms with Crippen LogP contribution in [0.25, 0.3) is 0 Å². The second kappa shape index (κ2) is 6.28. The minimum Gasteiger partial charge on any atom is -0.507 e. The molecule has 0 fully saturated rings. The average molecular weight is 305 g/mol. The number of phenols is 2. The Labute approximate surface area is 126 Å². The van der Waals surface area contributed by atoms with Crippen molar-refractivity contribution in [3.8, 4) is 11.5 Å². The molecule has 0 saturated carbocycles. The lowest BCUT2D eigenvalue weighted by Gasteiger charge is -2.04. The first-order chi connectivity index (χ1) is 9.99. The smallest absolute Gasteiger partial charge is 0.275 e. The lowest BCUT2D eigenvalue weighted by Crippen LogP contribution is -2.17. The highest BCUT2D eigenvalue weighted by Gasteiger charge is 2.10. The topological polar surface area (TPSA) is 81.9 Å². The van der Waals surface area contributed by atoms with Gasteiger partial charge in [0.2, 0.25) is 0 Å². The molecule has 0 bridgehead atoms. The third-order valence-corrected chi connectivity index (χ3v) is 3.09. The fourth-order valence-electron chi connectivity index (χ4n) is 1.69. The fraction of sp³-hybridized carbons (Fsp3) is 0.0667. The molecule has 0 aromatic heterocycles. The number of para-hydroxylation sites is 1. The number of carbonyl (C=O) groups is 1. The van der Waals surface area contributed by atoms with E-state index in [0.717, 1.165) is 5.56 Å². The number of benzene rings is 2. The van der Waals surface area contributed by atoms with E-state index in [-0.39, 0.29) is 22.1 Å². The number of amides is 1. The van der Waals surface area contributed by atoms with Gasteiger partial charge in [-0.3, -0.25) is 4.79 Å². The summed E-state index contributed by atoms with van der Waals surface area (Å²) >= 11 is 5.75. The molecule has 0 radical (unpaired) electrons. The molecule has 0 spiro atoms. The third-order valence-electron chi connectivity index (χ3n) is 2.79. The Bertz CT molecular complexity index is 714. The Morgan fingerprint density at radius 3 is 2.76 bits per heavy atom. The van der Waals surface area contributed by atoms with E-state index in [4.69, 9.17) is 11.6 Å². The maximum atomic E-state index is 11.8. The van der Waals surface area contributed by atoms with Crippen molar-refractivity contribution in [1.82, 2.24) is 5.43 Å². The standard InChI is InChI=1S/C15H13ClN2O3/c1-9-5-6-11(13(19)7-9)15(21)18-17-8-10-3-2-4-12(16)14(10)20/h2-8,19-20H,1H3,(H,18,21). The van der Waals surface area contributed by atoms with Gasteiger partial charge in [-0.05, 0) is 36.8 Å². The van der Waals surface area contributed by atoms with E-state index < -0.39 is 5.91 Å². The molecule has 0 saturated heterocycles. The van der Waals surface area contributed by atoms with Gasteiger partial charge in [0.15, 0.2) is 0 Å². The molecule has 6 heteroatoms. The average Bonchev–Trinajstić information content (AvgIpc) is 2.43. The van der Waals surface area contributed by atoms with Crippen molar-refractivity contribution in [2.24, 2.45) is 5.10 Å². The zero-order valence-electron chi connectivity index (χ0n) is 11.2. The van der Waals surface area contributed by atoms with Gasteiger partial charge in [-0.2, -0.15) is 5.10 Å². The van der Waals surface area contributed by atoms with Gasteiger partial charge in [0.25, 0.3) is 5.91 Å². The Morgan fingerprint density at radius 1 is 1.29 bits per heavy atom. The van der Waals surface area contributed by atoms with Crippen LogP contribution in [0.4, 0.5) is 0 Å². The molecule has 0 aliphatic carbocycles. The molecule has 2 aromatic carbocycles. The molecule has 3 N–H and O–H groups in total. The van der Waals surface area contributed by atoms with Gasteiger partial charge < -0.3 is 10.2 Å². The number of halogens is 1. The minimum atomic E-state index is -0.551.